The smallest absolute Gasteiger partial charge is 0.223 e. The van der Waals surface area contributed by atoms with Gasteiger partial charge in [-0.3, -0.25) is 4.79 Å². The van der Waals surface area contributed by atoms with Gasteiger partial charge in [0.2, 0.25) is 5.91 Å². The lowest BCUT2D eigenvalue weighted by Crippen LogP contribution is -2.43. The molecule has 110 valence electrons. The van der Waals surface area contributed by atoms with Crippen molar-refractivity contribution in [2.75, 3.05) is 0 Å². The lowest BCUT2D eigenvalue weighted by Gasteiger charge is -2.33. The Balaban J connectivity index is 1.78. The van der Waals surface area contributed by atoms with E-state index in [9.17, 15) is 4.79 Å². The molecule has 0 aromatic carbocycles. The Morgan fingerprint density at radius 3 is 2.47 bits per heavy atom. The van der Waals surface area contributed by atoms with Gasteiger partial charge in [-0.15, -0.1) is 0 Å². The molecule has 0 heterocycles. The molecular formula is C16H30N2O. The third-order valence-corrected chi connectivity index (χ3v) is 5.24. The minimum Gasteiger partial charge on any atom is -0.353 e. The predicted molar refractivity (Wildman–Crippen MR) is 78.7 cm³/mol. The van der Waals surface area contributed by atoms with Crippen LogP contribution in [0.5, 0.6) is 0 Å². The highest BCUT2D eigenvalue weighted by Gasteiger charge is 2.30. The second-order valence-electron chi connectivity index (χ2n) is 6.94. The summed E-state index contributed by atoms with van der Waals surface area (Å²) < 4.78 is 0. The minimum atomic E-state index is 0.130. The zero-order valence-corrected chi connectivity index (χ0v) is 12.5. The molecule has 0 bridgehead atoms. The Kier molecular flexibility index (Phi) is 5.26. The van der Waals surface area contributed by atoms with Crippen molar-refractivity contribution in [1.82, 2.24) is 5.32 Å². The molecule has 0 radical (unpaired) electrons. The van der Waals surface area contributed by atoms with Gasteiger partial charge in [-0.1, -0.05) is 20.3 Å². The number of rotatable bonds is 3. The zero-order chi connectivity index (χ0) is 13.8. The molecule has 3 nitrogen and oxygen atoms in total. The third-order valence-electron chi connectivity index (χ3n) is 5.24. The second-order valence-corrected chi connectivity index (χ2v) is 6.94. The molecule has 3 N–H and O–H groups in total. The first-order valence-corrected chi connectivity index (χ1v) is 8.12. The van der Waals surface area contributed by atoms with Gasteiger partial charge in [0, 0.05) is 18.0 Å². The molecule has 0 aromatic rings. The molecule has 3 atom stereocenters. The van der Waals surface area contributed by atoms with Gasteiger partial charge in [-0.05, 0) is 56.8 Å². The van der Waals surface area contributed by atoms with E-state index in [0.717, 1.165) is 31.6 Å². The van der Waals surface area contributed by atoms with Crippen LogP contribution in [0.15, 0.2) is 0 Å². The van der Waals surface area contributed by atoms with Crippen LogP contribution in [0, 0.1) is 17.8 Å². The molecule has 0 aromatic heterocycles. The van der Waals surface area contributed by atoms with E-state index < -0.39 is 0 Å². The van der Waals surface area contributed by atoms with E-state index in [1.165, 1.54) is 25.7 Å². The molecule has 0 saturated heterocycles. The number of nitrogens with two attached hydrogens (primary N) is 1. The van der Waals surface area contributed by atoms with Crippen LogP contribution in [0.4, 0.5) is 0 Å². The van der Waals surface area contributed by atoms with Gasteiger partial charge in [0.15, 0.2) is 0 Å². The molecule has 2 rings (SSSR count). The van der Waals surface area contributed by atoms with Gasteiger partial charge >= 0.3 is 0 Å². The number of hydrogen-bond donors (Lipinski definition) is 2. The maximum absolute atomic E-state index is 12.3. The van der Waals surface area contributed by atoms with Crippen LogP contribution in [-0.4, -0.2) is 18.0 Å². The van der Waals surface area contributed by atoms with E-state index in [-0.39, 0.29) is 11.8 Å². The first kappa shape index (κ1) is 14.8. The van der Waals surface area contributed by atoms with Crippen LogP contribution < -0.4 is 11.1 Å². The largest absolute Gasteiger partial charge is 0.353 e. The summed E-state index contributed by atoms with van der Waals surface area (Å²) in [6, 6.07) is 0.730. The van der Waals surface area contributed by atoms with Crippen LogP contribution in [0.25, 0.3) is 0 Å². The van der Waals surface area contributed by atoms with Crippen molar-refractivity contribution >= 4 is 5.91 Å². The van der Waals surface area contributed by atoms with Gasteiger partial charge in [-0.2, -0.15) is 0 Å². The Bertz CT molecular complexity index is 297. The van der Waals surface area contributed by atoms with Gasteiger partial charge in [0.1, 0.15) is 0 Å². The minimum absolute atomic E-state index is 0.130. The fourth-order valence-corrected chi connectivity index (χ4v) is 3.67. The molecule has 19 heavy (non-hydrogen) atoms. The van der Waals surface area contributed by atoms with Crippen LogP contribution in [-0.2, 0) is 4.79 Å². The van der Waals surface area contributed by atoms with Crippen molar-refractivity contribution in [2.24, 2.45) is 23.5 Å². The fraction of sp³-hybridized carbons (Fsp3) is 0.938. The van der Waals surface area contributed by atoms with E-state index in [1.807, 2.05) is 0 Å². The molecule has 2 fully saturated rings. The lowest BCUT2D eigenvalue weighted by atomic mass is 9.78. The SMILES string of the molecule is CC1CCC(NC(=O)C(C)C2CCCC(N)C2)CC1. The van der Waals surface area contributed by atoms with Gasteiger partial charge < -0.3 is 11.1 Å². The van der Waals surface area contributed by atoms with Gasteiger partial charge in [0.25, 0.3) is 0 Å². The van der Waals surface area contributed by atoms with Crippen molar-refractivity contribution in [3.63, 3.8) is 0 Å². The van der Waals surface area contributed by atoms with Crippen LogP contribution >= 0.6 is 0 Å². The monoisotopic (exact) mass is 266 g/mol. The molecule has 3 heteroatoms. The Morgan fingerprint density at radius 2 is 1.84 bits per heavy atom. The van der Waals surface area contributed by atoms with Crippen molar-refractivity contribution in [2.45, 2.75) is 77.3 Å². The molecular weight excluding hydrogens is 236 g/mol. The topological polar surface area (TPSA) is 55.1 Å². The summed E-state index contributed by atoms with van der Waals surface area (Å²) >= 11 is 0. The molecule has 0 aliphatic heterocycles. The van der Waals surface area contributed by atoms with Crippen molar-refractivity contribution in [3.05, 3.63) is 0 Å². The Morgan fingerprint density at radius 1 is 1.16 bits per heavy atom. The molecule has 0 spiro atoms. The summed E-state index contributed by atoms with van der Waals surface area (Å²) in [4.78, 5) is 12.3. The Hall–Kier alpha value is -0.570. The number of carbonyl (C=O) groups is 1. The lowest BCUT2D eigenvalue weighted by molar-refractivity contribution is -0.127. The Labute approximate surface area is 117 Å². The van der Waals surface area contributed by atoms with E-state index in [2.05, 4.69) is 19.2 Å². The van der Waals surface area contributed by atoms with Gasteiger partial charge in [0.05, 0.1) is 0 Å². The van der Waals surface area contributed by atoms with E-state index >= 15 is 0 Å². The first-order chi connectivity index (χ1) is 9.06. The summed E-state index contributed by atoms with van der Waals surface area (Å²) in [5.74, 6) is 1.72. The summed E-state index contributed by atoms with van der Waals surface area (Å²) in [5, 5.41) is 3.27. The highest BCUT2D eigenvalue weighted by Crippen LogP contribution is 2.30. The van der Waals surface area contributed by atoms with Crippen LogP contribution in [0.3, 0.4) is 0 Å². The maximum Gasteiger partial charge on any atom is 0.223 e. The van der Waals surface area contributed by atoms with Crippen LogP contribution in [0.1, 0.15) is 65.2 Å². The standard InChI is InChI=1S/C16H30N2O/c1-11-6-8-15(9-7-11)18-16(19)12(2)13-4-3-5-14(17)10-13/h11-15H,3-10,17H2,1-2H3,(H,18,19). The number of hydrogen-bond acceptors (Lipinski definition) is 2. The molecule has 2 aliphatic rings. The molecule has 2 saturated carbocycles. The second kappa shape index (κ2) is 6.74. The number of carbonyl (C=O) groups excluding carboxylic acids is 1. The average Bonchev–Trinajstić information content (AvgIpc) is 2.40. The number of amides is 1. The molecule has 2 aliphatic carbocycles. The molecule has 1 amide bonds. The summed E-state index contributed by atoms with van der Waals surface area (Å²) in [7, 11) is 0. The van der Waals surface area contributed by atoms with E-state index in [4.69, 9.17) is 5.73 Å². The van der Waals surface area contributed by atoms with Crippen molar-refractivity contribution in [3.8, 4) is 0 Å². The van der Waals surface area contributed by atoms with Gasteiger partial charge in [-0.25, -0.2) is 0 Å². The van der Waals surface area contributed by atoms with Crippen molar-refractivity contribution in [1.29, 1.82) is 0 Å². The maximum atomic E-state index is 12.3. The van der Waals surface area contributed by atoms with Crippen LogP contribution in [0.2, 0.25) is 0 Å². The van der Waals surface area contributed by atoms with Crippen molar-refractivity contribution < 1.29 is 4.79 Å². The average molecular weight is 266 g/mol. The molecule has 3 unspecified atom stereocenters. The highest BCUT2D eigenvalue weighted by molar-refractivity contribution is 5.78. The first-order valence-electron chi connectivity index (χ1n) is 8.12. The fourth-order valence-electron chi connectivity index (χ4n) is 3.67. The quantitative estimate of drug-likeness (QED) is 0.825. The van der Waals surface area contributed by atoms with E-state index in [0.29, 0.717) is 18.0 Å². The summed E-state index contributed by atoms with van der Waals surface area (Å²) in [6.45, 7) is 4.40. The zero-order valence-electron chi connectivity index (χ0n) is 12.5. The van der Waals surface area contributed by atoms with E-state index in [1.54, 1.807) is 0 Å². The third kappa shape index (κ3) is 4.20. The summed E-state index contributed by atoms with van der Waals surface area (Å²) in [6.07, 6.45) is 9.34. The highest BCUT2D eigenvalue weighted by atomic mass is 16.1. The normalized spacial score (nSPS) is 37.6. The predicted octanol–water partition coefficient (Wildman–Crippen LogP) is 2.83. The number of nitrogens with one attached hydrogen (secondary N) is 1. The summed E-state index contributed by atoms with van der Waals surface area (Å²) in [5.41, 5.74) is 6.03.